The molecule has 4 rings (SSSR count). The zero-order chi connectivity index (χ0) is 20.5. The van der Waals surface area contributed by atoms with Crippen LogP contribution < -0.4 is 0 Å². The highest BCUT2D eigenvalue weighted by atomic mass is 35.5. The van der Waals surface area contributed by atoms with Gasteiger partial charge in [0, 0.05) is 23.7 Å². The first-order valence-corrected chi connectivity index (χ1v) is 9.39. The lowest BCUT2D eigenvalue weighted by Gasteiger charge is -2.18. The van der Waals surface area contributed by atoms with Crippen LogP contribution in [0.15, 0.2) is 39.8 Å². The number of rotatable bonds is 6. The number of allylic oxidation sites excluding steroid dienone is 4. The summed E-state index contributed by atoms with van der Waals surface area (Å²) in [5.74, 6) is -0.284. The second kappa shape index (κ2) is 7.93. The van der Waals surface area contributed by atoms with Crippen molar-refractivity contribution in [2.45, 2.75) is 19.5 Å². The van der Waals surface area contributed by atoms with Gasteiger partial charge in [0.1, 0.15) is 0 Å². The fourth-order valence-electron chi connectivity index (χ4n) is 2.74. The third kappa shape index (κ3) is 4.31. The number of hydrogen-bond acceptors (Lipinski definition) is 7. The average molecular weight is 457 g/mol. The maximum Gasteiger partial charge on any atom is 0.327 e. The molecule has 11 nitrogen and oxygen atoms in total. The molecule has 14 heteroatoms. The summed E-state index contributed by atoms with van der Waals surface area (Å²) in [6, 6.07) is 0. The Morgan fingerprint density at radius 2 is 2.03 bits per heavy atom. The van der Waals surface area contributed by atoms with Crippen LogP contribution in [0.3, 0.4) is 0 Å². The largest absolute Gasteiger partial charge is 0.480 e. The number of tetrazole rings is 1. The van der Waals surface area contributed by atoms with Crippen LogP contribution in [0.25, 0.3) is 17.2 Å². The molecule has 0 fully saturated rings. The molecule has 3 aromatic rings. The Morgan fingerprint density at radius 1 is 1.21 bits per heavy atom. The highest BCUT2D eigenvalue weighted by Crippen LogP contribution is 2.36. The third-order valence-electron chi connectivity index (χ3n) is 4.02. The third-order valence-corrected chi connectivity index (χ3v) is 5.31. The van der Waals surface area contributed by atoms with E-state index in [1.165, 1.54) is 10.9 Å². The van der Waals surface area contributed by atoms with Crippen molar-refractivity contribution in [1.82, 2.24) is 45.0 Å². The molecular weight excluding hydrogens is 445 g/mol. The fraction of sp³-hybridized carbons (Fsp3) is 0.267. The van der Waals surface area contributed by atoms with E-state index in [0.717, 1.165) is 4.80 Å². The highest BCUT2D eigenvalue weighted by Gasteiger charge is 2.20. The molecule has 1 atom stereocenters. The molecule has 3 heterocycles. The molecule has 0 saturated heterocycles. The van der Waals surface area contributed by atoms with Gasteiger partial charge in [-0.1, -0.05) is 46.1 Å². The van der Waals surface area contributed by atoms with E-state index in [1.54, 1.807) is 17.1 Å². The standard InChI is InChI=1S/C15H12Cl3N9O2/c16-10-1-8(2-11(17)14(10)18)4-25-6-12(20-23-25)26-5-9(3-19-26)15-21-24-27(22-15)7-13(28)29/h1,3,5-6,8H,2,4,7H2,(H,28,29). The number of nitrogens with zero attached hydrogens (tertiary/aromatic N) is 9. The molecular formula is C15H12Cl3N9O2. The minimum atomic E-state index is -1.06. The monoisotopic (exact) mass is 455 g/mol. The molecule has 0 bridgehead atoms. The first-order chi connectivity index (χ1) is 13.9. The number of carboxylic acids is 1. The maximum absolute atomic E-state index is 10.7. The molecule has 3 aromatic heterocycles. The number of carbonyl (C=O) groups is 1. The Hall–Kier alpha value is -2.76. The number of aliphatic carboxylic acids is 1. The second-order valence-electron chi connectivity index (χ2n) is 6.21. The van der Waals surface area contributed by atoms with Gasteiger partial charge in [-0.25, -0.2) is 9.36 Å². The summed E-state index contributed by atoms with van der Waals surface area (Å²) in [4.78, 5) is 11.7. The van der Waals surface area contributed by atoms with E-state index in [9.17, 15) is 4.79 Å². The summed E-state index contributed by atoms with van der Waals surface area (Å²) in [7, 11) is 0. The normalized spacial score (nSPS) is 16.9. The van der Waals surface area contributed by atoms with Crippen molar-refractivity contribution in [1.29, 1.82) is 0 Å². The van der Waals surface area contributed by atoms with Crippen LogP contribution in [0, 0.1) is 5.92 Å². The summed E-state index contributed by atoms with van der Waals surface area (Å²) in [5, 5.41) is 34.0. The van der Waals surface area contributed by atoms with Crippen LogP contribution >= 0.6 is 34.8 Å². The van der Waals surface area contributed by atoms with Gasteiger partial charge in [0.2, 0.25) is 5.82 Å². The first-order valence-electron chi connectivity index (χ1n) is 8.26. The fourth-order valence-corrected chi connectivity index (χ4v) is 3.52. The predicted molar refractivity (Wildman–Crippen MR) is 102 cm³/mol. The Balaban J connectivity index is 1.47. The summed E-state index contributed by atoms with van der Waals surface area (Å²) >= 11 is 18.2. The maximum atomic E-state index is 10.7. The molecule has 1 unspecified atom stereocenters. The Labute approximate surface area is 178 Å². The minimum Gasteiger partial charge on any atom is -0.480 e. The van der Waals surface area contributed by atoms with E-state index in [-0.39, 0.29) is 18.3 Å². The van der Waals surface area contributed by atoms with Crippen LogP contribution in [0.5, 0.6) is 0 Å². The van der Waals surface area contributed by atoms with E-state index in [0.29, 0.717) is 39.4 Å². The lowest BCUT2D eigenvalue weighted by atomic mass is 10.0. The van der Waals surface area contributed by atoms with E-state index in [1.807, 2.05) is 6.08 Å². The van der Waals surface area contributed by atoms with E-state index in [4.69, 9.17) is 39.9 Å². The summed E-state index contributed by atoms with van der Waals surface area (Å²) in [6.07, 6.45) is 7.30. The smallest absolute Gasteiger partial charge is 0.327 e. The number of carboxylic acid groups (broad SMARTS) is 1. The molecule has 0 aliphatic heterocycles. The molecule has 0 aromatic carbocycles. The van der Waals surface area contributed by atoms with E-state index < -0.39 is 5.97 Å². The van der Waals surface area contributed by atoms with E-state index >= 15 is 0 Å². The molecule has 29 heavy (non-hydrogen) atoms. The van der Waals surface area contributed by atoms with Crippen molar-refractivity contribution in [2.24, 2.45) is 5.92 Å². The van der Waals surface area contributed by atoms with Gasteiger partial charge < -0.3 is 5.11 Å². The van der Waals surface area contributed by atoms with Gasteiger partial charge in [0.05, 0.1) is 28.0 Å². The summed E-state index contributed by atoms with van der Waals surface area (Å²) in [6.45, 7) is 0.141. The Bertz CT molecular complexity index is 1130. The van der Waals surface area contributed by atoms with Gasteiger partial charge in [-0.05, 0) is 11.6 Å². The zero-order valence-electron chi connectivity index (χ0n) is 14.5. The van der Waals surface area contributed by atoms with Gasteiger partial charge in [0.15, 0.2) is 12.4 Å². The van der Waals surface area contributed by atoms with Gasteiger partial charge >= 0.3 is 5.97 Å². The van der Waals surface area contributed by atoms with Crippen molar-refractivity contribution in [3.05, 3.63) is 39.8 Å². The zero-order valence-corrected chi connectivity index (χ0v) is 16.8. The first kappa shape index (κ1) is 19.6. The molecule has 1 N–H and O–H groups in total. The SMILES string of the molecule is O=C(O)Cn1nnc(-c2cnn(-c3cn(CC4C=C(Cl)C(Cl)=C(Cl)C4)nn3)c2)n1. The van der Waals surface area contributed by atoms with Crippen LogP contribution in [0.1, 0.15) is 6.42 Å². The number of aromatic nitrogens is 9. The lowest BCUT2D eigenvalue weighted by Crippen LogP contribution is -2.12. The Kier molecular flexibility index (Phi) is 5.35. The summed E-state index contributed by atoms with van der Waals surface area (Å²) < 4.78 is 3.16. The van der Waals surface area contributed by atoms with Gasteiger partial charge in [-0.3, -0.25) is 4.79 Å². The van der Waals surface area contributed by atoms with Crippen molar-refractivity contribution in [2.75, 3.05) is 0 Å². The van der Waals surface area contributed by atoms with Crippen molar-refractivity contribution in [3.63, 3.8) is 0 Å². The van der Waals surface area contributed by atoms with Crippen LogP contribution in [0.2, 0.25) is 0 Å². The predicted octanol–water partition coefficient (Wildman–Crippen LogP) is 2.03. The second-order valence-corrected chi connectivity index (χ2v) is 7.45. The van der Waals surface area contributed by atoms with Crippen molar-refractivity contribution < 1.29 is 9.90 Å². The molecule has 150 valence electrons. The topological polar surface area (TPSA) is 129 Å². The van der Waals surface area contributed by atoms with Gasteiger partial charge in [0.25, 0.3) is 0 Å². The molecule has 0 amide bonds. The molecule has 1 aliphatic carbocycles. The van der Waals surface area contributed by atoms with Crippen molar-refractivity contribution >= 4 is 40.8 Å². The quantitative estimate of drug-likeness (QED) is 0.596. The van der Waals surface area contributed by atoms with Crippen LogP contribution in [0.4, 0.5) is 0 Å². The number of hydrogen-bond donors (Lipinski definition) is 1. The van der Waals surface area contributed by atoms with E-state index in [2.05, 4.69) is 30.8 Å². The van der Waals surface area contributed by atoms with Crippen molar-refractivity contribution in [3.8, 4) is 17.2 Å². The Morgan fingerprint density at radius 3 is 2.79 bits per heavy atom. The average Bonchev–Trinajstić information content (AvgIpc) is 3.39. The minimum absolute atomic E-state index is 0.0358. The summed E-state index contributed by atoms with van der Waals surface area (Å²) in [5.41, 5.74) is 0.560. The molecule has 0 spiro atoms. The highest BCUT2D eigenvalue weighted by molar-refractivity contribution is 6.48. The van der Waals surface area contributed by atoms with Gasteiger partial charge in [-0.15, -0.1) is 15.3 Å². The lowest BCUT2D eigenvalue weighted by molar-refractivity contribution is -0.138. The number of halogens is 3. The van der Waals surface area contributed by atoms with Crippen LogP contribution in [-0.4, -0.2) is 56.1 Å². The molecule has 0 saturated carbocycles. The van der Waals surface area contributed by atoms with Gasteiger partial charge in [-0.2, -0.15) is 9.90 Å². The molecule has 0 radical (unpaired) electrons. The molecule has 1 aliphatic rings. The van der Waals surface area contributed by atoms with Crippen LogP contribution in [-0.2, 0) is 17.9 Å².